The Morgan fingerprint density at radius 1 is 0.722 bits per heavy atom. The standard InChI is InChI=1S/C25H24F4O7/c1-13-19(26)21(28)23(22(29)20(13)27)34-18-11-14(24(30)35-16-2-6-32-7-3-16)10-15(12-18)25(31)36-17-4-8-33-9-5-17/h10-12,16-17H,2-9H2,1H3. The largest absolute Gasteiger partial charge is 0.459 e. The number of carbonyl (C=O) groups excluding carboxylic acids is 2. The van der Waals surface area contributed by atoms with Gasteiger partial charge in [-0.05, 0) is 25.1 Å². The Balaban J connectivity index is 1.66. The van der Waals surface area contributed by atoms with Crippen LogP contribution in [0.5, 0.6) is 11.5 Å². The maximum Gasteiger partial charge on any atom is 0.338 e. The molecule has 194 valence electrons. The molecule has 2 saturated heterocycles. The molecule has 2 aliphatic heterocycles. The summed E-state index contributed by atoms with van der Waals surface area (Å²) in [6, 6.07) is 3.31. The first-order chi connectivity index (χ1) is 17.2. The van der Waals surface area contributed by atoms with Crippen molar-refractivity contribution >= 4 is 11.9 Å². The van der Waals surface area contributed by atoms with E-state index in [1.807, 2.05) is 0 Å². The molecule has 7 nitrogen and oxygen atoms in total. The van der Waals surface area contributed by atoms with Crippen molar-refractivity contribution < 1.29 is 50.8 Å². The molecule has 2 aliphatic rings. The first kappa shape index (κ1) is 25.9. The number of esters is 2. The number of halogens is 4. The van der Waals surface area contributed by atoms with E-state index in [0.29, 0.717) is 52.1 Å². The van der Waals surface area contributed by atoms with Gasteiger partial charge in [0.15, 0.2) is 11.6 Å². The normalized spacial score (nSPS) is 17.0. The molecule has 36 heavy (non-hydrogen) atoms. The second kappa shape index (κ2) is 11.3. The van der Waals surface area contributed by atoms with Crippen LogP contribution in [0.25, 0.3) is 0 Å². The summed E-state index contributed by atoms with van der Waals surface area (Å²) in [6.07, 6.45) is 1.03. The third-order valence-electron chi connectivity index (χ3n) is 5.92. The second-order valence-electron chi connectivity index (χ2n) is 8.49. The molecule has 0 amide bonds. The molecule has 0 atom stereocenters. The van der Waals surface area contributed by atoms with E-state index in [2.05, 4.69) is 0 Å². The van der Waals surface area contributed by atoms with Gasteiger partial charge in [0, 0.05) is 31.2 Å². The van der Waals surface area contributed by atoms with Crippen molar-refractivity contribution in [3.63, 3.8) is 0 Å². The third-order valence-corrected chi connectivity index (χ3v) is 5.92. The SMILES string of the molecule is Cc1c(F)c(F)c(Oc2cc(C(=O)OC3CCOCC3)cc(C(=O)OC3CCOCC3)c2)c(F)c1F. The fourth-order valence-electron chi connectivity index (χ4n) is 3.85. The van der Waals surface area contributed by atoms with Gasteiger partial charge in [0.25, 0.3) is 0 Å². The van der Waals surface area contributed by atoms with Crippen LogP contribution in [0.3, 0.4) is 0 Å². The zero-order valence-electron chi connectivity index (χ0n) is 19.4. The topological polar surface area (TPSA) is 80.3 Å². The number of rotatable bonds is 6. The molecule has 2 heterocycles. The van der Waals surface area contributed by atoms with Gasteiger partial charge in [-0.3, -0.25) is 0 Å². The Labute approximate surface area is 204 Å². The van der Waals surface area contributed by atoms with Crippen LogP contribution in [0.1, 0.15) is 52.0 Å². The lowest BCUT2D eigenvalue weighted by Gasteiger charge is -2.23. The van der Waals surface area contributed by atoms with E-state index in [-0.39, 0.29) is 11.1 Å². The zero-order chi connectivity index (χ0) is 25.8. The van der Waals surface area contributed by atoms with Gasteiger partial charge < -0.3 is 23.7 Å². The molecule has 2 aromatic carbocycles. The van der Waals surface area contributed by atoms with Crippen molar-refractivity contribution in [3.05, 3.63) is 58.2 Å². The van der Waals surface area contributed by atoms with Crippen LogP contribution in [-0.2, 0) is 18.9 Å². The molecule has 0 unspecified atom stereocenters. The van der Waals surface area contributed by atoms with Crippen LogP contribution in [-0.4, -0.2) is 50.6 Å². The average Bonchev–Trinajstić information content (AvgIpc) is 2.90. The van der Waals surface area contributed by atoms with E-state index in [0.717, 1.165) is 19.1 Å². The number of hydrogen-bond acceptors (Lipinski definition) is 7. The number of benzene rings is 2. The maximum atomic E-state index is 14.4. The average molecular weight is 512 g/mol. The third kappa shape index (κ3) is 5.79. The van der Waals surface area contributed by atoms with E-state index >= 15 is 0 Å². The molecule has 0 bridgehead atoms. The van der Waals surface area contributed by atoms with Crippen LogP contribution in [0, 0.1) is 30.2 Å². The molecule has 0 radical (unpaired) electrons. The summed E-state index contributed by atoms with van der Waals surface area (Å²) in [4.78, 5) is 25.6. The highest BCUT2D eigenvalue weighted by Crippen LogP contribution is 2.34. The van der Waals surface area contributed by atoms with Crippen LogP contribution in [0.4, 0.5) is 17.6 Å². The predicted octanol–water partition coefficient (Wildman–Crippen LogP) is 5.02. The van der Waals surface area contributed by atoms with Gasteiger partial charge in [0.05, 0.1) is 37.6 Å². The van der Waals surface area contributed by atoms with Gasteiger partial charge in [0.1, 0.15) is 18.0 Å². The summed E-state index contributed by atoms with van der Waals surface area (Å²) in [6.45, 7) is 2.51. The summed E-state index contributed by atoms with van der Waals surface area (Å²) in [5.41, 5.74) is -1.20. The molecule has 4 rings (SSSR count). The molecular weight excluding hydrogens is 488 g/mol. The minimum absolute atomic E-state index is 0.174. The van der Waals surface area contributed by atoms with Gasteiger partial charge >= 0.3 is 11.9 Å². The lowest BCUT2D eigenvalue weighted by Crippen LogP contribution is -2.27. The quantitative estimate of drug-likeness (QED) is 0.306. The maximum absolute atomic E-state index is 14.4. The fraction of sp³-hybridized carbons (Fsp3) is 0.440. The smallest absolute Gasteiger partial charge is 0.338 e. The summed E-state index contributed by atoms with van der Waals surface area (Å²) >= 11 is 0. The van der Waals surface area contributed by atoms with Crippen LogP contribution in [0.15, 0.2) is 18.2 Å². The van der Waals surface area contributed by atoms with Crippen molar-refractivity contribution in [2.24, 2.45) is 0 Å². The highest BCUT2D eigenvalue weighted by molar-refractivity contribution is 5.96. The monoisotopic (exact) mass is 512 g/mol. The number of carbonyl (C=O) groups is 2. The van der Waals surface area contributed by atoms with Gasteiger partial charge in [-0.1, -0.05) is 0 Å². The van der Waals surface area contributed by atoms with E-state index in [9.17, 15) is 27.2 Å². The number of hydrogen-bond donors (Lipinski definition) is 0. The van der Waals surface area contributed by atoms with Gasteiger partial charge in [-0.25, -0.2) is 18.4 Å². The Hall–Kier alpha value is -3.18. The molecule has 0 spiro atoms. The molecular formula is C25H24F4O7. The first-order valence-corrected chi connectivity index (χ1v) is 11.5. The van der Waals surface area contributed by atoms with Gasteiger partial charge in [-0.15, -0.1) is 0 Å². The second-order valence-corrected chi connectivity index (χ2v) is 8.49. The summed E-state index contributed by atoms with van der Waals surface area (Å²) in [7, 11) is 0. The molecule has 2 aromatic rings. The summed E-state index contributed by atoms with van der Waals surface area (Å²) < 4.78 is 83.4. The lowest BCUT2D eigenvalue weighted by atomic mass is 10.1. The van der Waals surface area contributed by atoms with E-state index in [1.165, 1.54) is 6.07 Å². The van der Waals surface area contributed by atoms with Crippen LogP contribution < -0.4 is 4.74 Å². The lowest BCUT2D eigenvalue weighted by molar-refractivity contribution is -0.0160. The van der Waals surface area contributed by atoms with Crippen molar-refractivity contribution in [3.8, 4) is 11.5 Å². The number of ether oxygens (including phenoxy) is 5. The fourth-order valence-corrected chi connectivity index (χ4v) is 3.85. The Kier molecular flexibility index (Phi) is 8.10. The van der Waals surface area contributed by atoms with E-state index in [1.54, 1.807) is 0 Å². The highest BCUT2D eigenvalue weighted by atomic mass is 19.2. The highest BCUT2D eigenvalue weighted by Gasteiger charge is 2.27. The van der Waals surface area contributed by atoms with Crippen molar-refractivity contribution in [2.75, 3.05) is 26.4 Å². The van der Waals surface area contributed by atoms with Gasteiger partial charge in [0.2, 0.25) is 17.4 Å². The minimum atomic E-state index is -1.76. The van der Waals surface area contributed by atoms with Gasteiger partial charge in [-0.2, -0.15) is 8.78 Å². The molecule has 0 saturated carbocycles. The summed E-state index contributed by atoms with van der Waals surface area (Å²) in [5.74, 6) is -10.2. The molecule has 11 heteroatoms. The van der Waals surface area contributed by atoms with Crippen molar-refractivity contribution in [1.29, 1.82) is 0 Å². The van der Waals surface area contributed by atoms with Crippen molar-refractivity contribution in [2.45, 2.75) is 44.8 Å². The molecule has 2 fully saturated rings. The molecule has 0 aromatic heterocycles. The van der Waals surface area contributed by atoms with E-state index in [4.69, 9.17) is 23.7 Å². The van der Waals surface area contributed by atoms with Crippen molar-refractivity contribution in [1.82, 2.24) is 0 Å². The summed E-state index contributed by atoms with van der Waals surface area (Å²) in [5, 5.41) is 0. The molecule has 0 N–H and O–H groups in total. The first-order valence-electron chi connectivity index (χ1n) is 11.5. The Bertz CT molecular complexity index is 1060. The predicted molar refractivity (Wildman–Crippen MR) is 116 cm³/mol. The zero-order valence-corrected chi connectivity index (χ0v) is 19.4. The minimum Gasteiger partial charge on any atom is -0.459 e. The van der Waals surface area contributed by atoms with E-state index < -0.39 is 64.5 Å². The Morgan fingerprint density at radius 3 is 1.56 bits per heavy atom. The van der Waals surface area contributed by atoms with Crippen LogP contribution >= 0.6 is 0 Å². The van der Waals surface area contributed by atoms with Crippen LogP contribution in [0.2, 0.25) is 0 Å². The Morgan fingerprint density at radius 2 is 1.14 bits per heavy atom. The molecule has 0 aliphatic carbocycles.